The van der Waals surface area contributed by atoms with Crippen molar-refractivity contribution < 1.29 is 22.5 Å². The van der Waals surface area contributed by atoms with Crippen LogP contribution in [0.15, 0.2) is 36.7 Å². The minimum absolute atomic E-state index is 0.322. The molecule has 4 nitrogen and oxygen atoms in total. The molecule has 0 unspecified atom stereocenters. The molecule has 0 atom stereocenters. The largest absolute Gasteiger partial charge is 0.494 e. The minimum atomic E-state index is -4.29. The van der Waals surface area contributed by atoms with Crippen molar-refractivity contribution in [2.75, 3.05) is 6.61 Å². The molecule has 2 aromatic rings. The summed E-state index contributed by atoms with van der Waals surface area (Å²) < 4.78 is 50.0. The summed E-state index contributed by atoms with van der Waals surface area (Å²) in [5, 5.41) is 3.77. The summed E-state index contributed by atoms with van der Waals surface area (Å²) in [6.45, 7) is 7.36. The van der Waals surface area contributed by atoms with Crippen LogP contribution in [0.1, 0.15) is 34.1 Å². The quantitative estimate of drug-likeness (QED) is 0.660. The minimum Gasteiger partial charge on any atom is -0.408 e. The topological polar surface area (TPSA) is 36.3 Å². The van der Waals surface area contributed by atoms with E-state index in [1.54, 1.807) is 0 Å². The fourth-order valence-corrected chi connectivity index (χ4v) is 2.34. The van der Waals surface area contributed by atoms with E-state index < -0.39 is 19.8 Å². The van der Waals surface area contributed by atoms with Gasteiger partial charge in [-0.15, -0.1) is 0 Å². The number of alkyl halides is 3. The van der Waals surface area contributed by atoms with E-state index in [1.807, 2.05) is 52.0 Å². The first-order chi connectivity index (χ1) is 12.1. The van der Waals surface area contributed by atoms with Crippen LogP contribution in [0.25, 0.3) is 11.1 Å². The molecule has 0 bridgehead atoms. The monoisotopic (exact) mass is 368 g/mol. The highest BCUT2D eigenvalue weighted by Crippen LogP contribution is 2.22. The van der Waals surface area contributed by atoms with Gasteiger partial charge in [0, 0.05) is 24.0 Å². The van der Waals surface area contributed by atoms with E-state index in [9.17, 15) is 13.2 Å². The van der Waals surface area contributed by atoms with E-state index in [4.69, 9.17) is 9.31 Å². The Kier molecular flexibility index (Phi) is 6.52. The second-order valence-electron chi connectivity index (χ2n) is 6.68. The van der Waals surface area contributed by atoms with Crippen molar-refractivity contribution in [3.05, 3.63) is 36.7 Å². The molecule has 1 aromatic carbocycles. The van der Waals surface area contributed by atoms with E-state index in [1.165, 1.54) is 12.4 Å². The molecular weight excluding hydrogens is 344 g/mol. The molecule has 1 heterocycles. The van der Waals surface area contributed by atoms with Crippen LogP contribution in [0.4, 0.5) is 13.2 Å². The van der Waals surface area contributed by atoms with Crippen molar-refractivity contribution in [2.24, 2.45) is 0 Å². The zero-order valence-corrected chi connectivity index (χ0v) is 15.5. The fraction of sp³-hybridized carbons (Fsp3) is 0.500. The Labute approximate surface area is 152 Å². The van der Waals surface area contributed by atoms with Crippen LogP contribution >= 0.6 is 0 Å². The van der Waals surface area contributed by atoms with Gasteiger partial charge in [0.15, 0.2) is 0 Å². The second-order valence-corrected chi connectivity index (χ2v) is 6.68. The first-order valence-corrected chi connectivity index (χ1v) is 8.62. The van der Waals surface area contributed by atoms with Crippen molar-refractivity contribution in [1.82, 2.24) is 9.78 Å². The van der Waals surface area contributed by atoms with Gasteiger partial charge in [0.1, 0.15) is 6.54 Å². The summed E-state index contributed by atoms with van der Waals surface area (Å²) in [6.07, 6.45) is -0.634. The third kappa shape index (κ3) is 5.88. The van der Waals surface area contributed by atoms with Crippen molar-refractivity contribution in [2.45, 2.75) is 52.4 Å². The van der Waals surface area contributed by atoms with Gasteiger partial charge in [0.2, 0.25) is 0 Å². The standard InChI is InChI=1S/C18H24BF3N2O2/c1-5-17(3,4)26-19(25-6-2)16-9-7-14(8-10-16)15-11-23-24(12-15)13-18(20,21)22/h7-12H,5-6,13H2,1-4H3. The van der Waals surface area contributed by atoms with E-state index in [2.05, 4.69) is 5.10 Å². The average Bonchev–Trinajstić information content (AvgIpc) is 3.01. The predicted octanol–water partition coefficient (Wildman–Crippen LogP) is 4.05. The molecule has 1 aromatic heterocycles. The fourth-order valence-electron chi connectivity index (χ4n) is 2.34. The summed E-state index contributed by atoms with van der Waals surface area (Å²) in [7, 11) is -0.489. The molecule has 0 fully saturated rings. The number of aromatic nitrogens is 2. The third-order valence-electron chi connectivity index (χ3n) is 4.09. The zero-order chi connectivity index (χ0) is 19.4. The van der Waals surface area contributed by atoms with Gasteiger partial charge in [-0.1, -0.05) is 31.2 Å². The number of nitrogens with zero attached hydrogens (tertiary/aromatic N) is 2. The highest BCUT2D eigenvalue weighted by Gasteiger charge is 2.29. The molecule has 0 radical (unpaired) electrons. The lowest BCUT2D eigenvalue weighted by Crippen LogP contribution is -2.43. The summed E-state index contributed by atoms with van der Waals surface area (Å²) in [5.41, 5.74) is 1.95. The average molecular weight is 368 g/mol. The predicted molar refractivity (Wildman–Crippen MR) is 96.2 cm³/mol. The van der Waals surface area contributed by atoms with Gasteiger partial charge in [-0.25, -0.2) is 0 Å². The lowest BCUT2D eigenvalue weighted by Gasteiger charge is -2.28. The van der Waals surface area contributed by atoms with Crippen molar-refractivity contribution in [3.63, 3.8) is 0 Å². The van der Waals surface area contributed by atoms with Crippen molar-refractivity contribution >= 4 is 12.6 Å². The SMILES string of the molecule is CCOB(OC(C)(C)CC)c1ccc(-c2cnn(CC(F)(F)F)c2)cc1. The van der Waals surface area contributed by atoms with Gasteiger partial charge in [0.25, 0.3) is 0 Å². The Morgan fingerprint density at radius 3 is 2.27 bits per heavy atom. The van der Waals surface area contributed by atoms with Crippen LogP contribution in [0, 0.1) is 0 Å². The zero-order valence-electron chi connectivity index (χ0n) is 15.5. The van der Waals surface area contributed by atoms with Crippen LogP contribution in [0.2, 0.25) is 0 Å². The van der Waals surface area contributed by atoms with E-state index in [0.29, 0.717) is 12.2 Å². The number of hydrogen-bond acceptors (Lipinski definition) is 3. The smallest absolute Gasteiger partial charge is 0.408 e. The van der Waals surface area contributed by atoms with Gasteiger partial charge < -0.3 is 9.31 Å². The Balaban J connectivity index is 2.15. The van der Waals surface area contributed by atoms with Crippen LogP contribution < -0.4 is 5.46 Å². The van der Waals surface area contributed by atoms with Crippen LogP contribution in [-0.2, 0) is 15.9 Å². The van der Waals surface area contributed by atoms with Gasteiger partial charge in [-0.3, -0.25) is 4.68 Å². The molecule has 0 N–H and O–H groups in total. The molecule has 0 aliphatic carbocycles. The maximum atomic E-state index is 12.4. The normalized spacial score (nSPS) is 12.4. The lowest BCUT2D eigenvalue weighted by atomic mass is 9.77. The number of halogens is 3. The molecular formula is C18H24BF3N2O2. The molecule has 0 aliphatic rings. The highest BCUT2D eigenvalue weighted by molar-refractivity contribution is 6.61. The van der Waals surface area contributed by atoms with Crippen LogP contribution in [0.3, 0.4) is 0 Å². The first kappa shape index (κ1) is 20.5. The summed E-state index contributed by atoms with van der Waals surface area (Å²) >= 11 is 0. The molecule has 2 rings (SSSR count). The van der Waals surface area contributed by atoms with Crippen LogP contribution in [0.5, 0.6) is 0 Å². The van der Waals surface area contributed by atoms with Crippen LogP contribution in [-0.4, -0.2) is 35.3 Å². The van der Waals surface area contributed by atoms with E-state index >= 15 is 0 Å². The van der Waals surface area contributed by atoms with E-state index in [-0.39, 0.29) is 5.60 Å². The third-order valence-corrected chi connectivity index (χ3v) is 4.09. The number of rotatable bonds is 8. The maximum Gasteiger partial charge on any atom is 0.494 e. The van der Waals surface area contributed by atoms with E-state index in [0.717, 1.165) is 22.1 Å². The van der Waals surface area contributed by atoms with Crippen molar-refractivity contribution in [3.8, 4) is 11.1 Å². The second kappa shape index (κ2) is 8.27. The van der Waals surface area contributed by atoms with Crippen molar-refractivity contribution in [1.29, 1.82) is 0 Å². The van der Waals surface area contributed by atoms with Gasteiger partial charge in [-0.05, 0) is 38.2 Å². The summed E-state index contributed by atoms with van der Waals surface area (Å²) in [5.74, 6) is 0. The first-order valence-electron chi connectivity index (χ1n) is 8.62. The highest BCUT2D eigenvalue weighted by atomic mass is 19.4. The Morgan fingerprint density at radius 2 is 1.73 bits per heavy atom. The Morgan fingerprint density at radius 1 is 1.08 bits per heavy atom. The summed E-state index contributed by atoms with van der Waals surface area (Å²) in [6, 6.07) is 7.39. The number of benzene rings is 1. The van der Waals surface area contributed by atoms with Gasteiger partial charge in [-0.2, -0.15) is 18.3 Å². The summed E-state index contributed by atoms with van der Waals surface area (Å²) in [4.78, 5) is 0. The molecule has 0 saturated carbocycles. The molecule has 0 saturated heterocycles. The Hall–Kier alpha value is -1.80. The van der Waals surface area contributed by atoms with Gasteiger partial charge >= 0.3 is 13.3 Å². The molecule has 0 aliphatic heterocycles. The molecule has 0 amide bonds. The molecule has 8 heteroatoms. The Bertz CT molecular complexity index is 699. The molecule has 26 heavy (non-hydrogen) atoms. The molecule has 142 valence electrons. The molecule has 0 spiro atoms. The maximum absolute atomic E-state index is 12.4. The number of hydrogen-bond donors (Lipinski definition) is 0. The van der Waals surface area contributed by atoms with Gasteiger partial charge in [0.05, 0.1) is 6.20 Å². The lowest BCUT2D eigenvalue weighted by molar-refractivity contribution is -0.142.